The van der Waals surface area contributed by atoms with Crippen molar-refractivity contribution in [2.24, 2.45) is 11.1 Å². The molecule has 0 aliphatic heterocycles. The minimum Gasteiger partial charge on any atom is -0.339 e. The quantitative estimate of drug-likeness (QED) is 0.921. The van der Waals surface area contributed by atoms with Crippen molar-refractivity contribution in [1.29, 1.82) is 0 Å². The van der Waals surface area contributed by atoms with Gasteiger partial charge in [0, 0.05) is 19.5 Å². The van der Waals surface area contributed by atoms with E-state index in [1.165, 1.54) is 12.1 Å². The van der Waals surface area contributed by atoms with Crippen LogP contribution in [0.15, 0.2) is 24.3 Å². The molecule has 0 radical (unpaired) electrons. The Morgan fingerprint density at radius 1 is 1.30 bits per heavy atom. The van der Waals surface area contributed by atoms with Crippen LogP contribution in [0.5, 0.6) is 0 Å². The minimum atomic E-state index is -0.273. The lowest BCUT2D eigenvalue weighted by atomic mass is 9.85. The number of carbonyl (C=O) groups excluding carboxylic acids is 1. The Morgan fingerprint density at radius 2 is 1.80 bits per heavy atom. The van der Waals surface area contributed by atoms with Crippen LogP contribution in [0.1, 0.15) is 45.7 Å². The molecule has 0 saturated heterocycles. The molecule has 2 unspecified atom stereocenters. The summed E-state index contributed by atoms with van der Waals surface area (Å²) in [6.45, 7) is 7.99. The molecule has 0 aromatic heterocycles. The molecule has 1 aromatic carbocycles. The maximum Gasteiger partial charge on any atom is 0.224 e. The van der Waals surface area contributed by atoms with Crippen LogP contribution in [0.3, 0.4) is 0 Å². The molecule has 0 aliphatic rings. The predicted octanol–water partition coefficient (Wildman–Crippen LogP) is 3.11. The summed E-state index contributed by atoms with van der Waals surface area (Å²) < 4.78 is 12.9. The lowest BCUT2D eigenvalue weighted by molar-refractivity contribution is -0.132. The van der Waals surface area contributed by atoms with Crippen LogP contribution in [0.25, 0.3) is 0 Å². The topological polar surface area (TPSA) is 46.3 Å². The second kappa shape index (κ2) is 6.35. The number of hydrogen-bond acceptors (Lipinski definition) is 2. The van der Waals surface area contributed by atoms with Crippen LogP contribution in [0.4, 0.5) is 4.39 Å². The highest BCUT2D eigenvalue weighted by Gasteiger charge is 2.26. The molecule has 20 heavy (non-hydrogen) atoms. The molecular weight excluding hydrogens is 255 g/mol. The van der Waals surface area contributed by atoms with Crippen molar-refractivity contribution < 1.29 is 9.18 Å². The molecule has 3 nitrogen and oxygen atoms in total. The molecule has 2 atom stereocenters. The Kier molecular flexibility index (Phi) is 5.28. The van der Waals surface area contributed by atoms with Crippen molar-refractivity contribution in [3.05, 3.63) is 35.6 Å². The van der Waals surface area contributed by atoms with E-state index in [1.807, 2.05) is 27.7 Å². The number of benzene rings is 1. The van der Waals surface area contributed by atoms with E-state index in [-0.39, 0.29) is 29.2 Å². The number of halogens is 1. The van der Waals surface area contributed by atoms with Crippen LogP contribution in [-0.2, 0) is 4.79 Å². The molecule has 112 valence electrons. The third-order valence-electron chi connectivity index (χ3n) is 3.83. The van der Waals surface area contributed by atoms with E-state index in [4.69, 9.17) is 5.73 Å². The standard InChI is InChI=1S/C16H25FN2O/c1-11(12-6-8-13(17)9-7-12)19(5)15(20)10-14(18)16(2,3)4/h6-9,11,14H,10,18H2,1-5H3. The van der Waals surface area contributed by atoms with Gasteiger partial charge in [-0.25, -0.2) is 4.39 Å². The highest BCUT2D eigenvalue weighted by molar-refractivity contribution is 5.77. The van der Waals surface area contributed by atoms with Gasteiger partial charge in [-0.15, -0.1) is 0 Å². The minimum absolute atomic E-state index is 0.00394. The number of carbonyl (C=O) groups is 1. The third-order valence-corrected chi connectivity index (χ3v) is 3.83. The van der Waals surface area contributed by atoms with Crippen molar-refractivity contribution >= 4 is 5.91 Å². The van der Waals surface area contributed by atoms with Gasteiger partial charge in [-0.1, -0.05) is 32.9 Å². The van der Waals surface area contributed by atoms with Gasteiger partial charge in [0.1, 0.15) is 5.82 Å². The summed E-state index contributed by atoms with van der Waals surface area (Å²) in [7, 11) is 1.76. The molecular formula is C16H25FN2O. The first-order valence-electron chi connectivity index (χ1n) is 6.89. The van der Waals surface area contributed by atoms with E-state index >= 15 is 0 Å². The van der Waals surface area contributed by atoms with Crippen LogP contribution < -0.4 is 5.73 Å². The lowest BCUT2D eigenvalue weighted by Crippen LogP contribution is -2.41. The predicted molar refractivity (Wildman–Crippen MR) is 79.6 cm³/mol. The first-order valence-corrected chi connectivity index (χ1v) is 6.89. The number of hydrogen-bond donors (Lipinski definition) is 1. The normalized spacial score (nSPS) is 14.8. The van der Waals surface area contributed by atoms with Gasteiger partial charge in [0.15, 0.2) is 0 Å². The van der Waals surface area contributed by atoms with E-state index < -0.39 is 0 Å². The number of amides is 1. The summed E-state index contributed by atoms with van der Waals surface area (Å²) >= 11 is 0. The average molecular weight is 280 g/mol. The third kappa shape index (κ3) is 4.30. The van der Waals surface area contributed by atoms with Crippen LogP contribution in [0.2, 0.25) is 0 Å². The van der Waals surface area contributed by atoms with Gasteiger partial charge in [-0.05, 0) is 30.0 Å². The molecule has 4 heteroatoms. The highest BCUT2D eigenvalue weighted by atomic mass is 19.1. The maximum atomic E-state index is 12.9. The second-order valence-corrected chi connectivity index (χ2v) is 6.41. The van der Waals surface area contributed by atoms with Crippen molar-refractivity contribution in [2.45, 2.75) is 46.2 Å². The second-order valence-electron chi connectivity index (χ2n) is 6.41. The Labute approximate surface area is 121 Å². The van der Waals surface area contributed by atoms with Crippen LogP contribution >= 0.6 is 0 Å². The van der Waals surface area contributed by atoms with E-state index in [9.17, 15) is 9.18 Å². The maximum absolute atomic E-state index is 12.9. The fraction of sp³-hybridized carbons (Fsp3) is 0.562. The van der Waals surface area contributed by atoms with Gasteiger partial charge in [0.05, 0.1) is 6.04 Å². The van der Waals surface area contributed by atoms with Gasteiger partial charge < -0.3 is 10.6 Å². The molecule has 0 heterocycles. The Hall–Kier alpha value is -1.42. The lowest BCUT2D eigenvalue weighted by Gasteiger charge is -2.31. The van der Waals surface area contributed by atoms with Gasteiger partial charge in [-0.3, -0.25) is 4.79 Å². The van der Waals surface area contributed by atoms with Gasteiger partial charge in [0.25, 0.3) is 0 Å². The first-order chi connectivity index (χ1) is 9.12. The molecule has 0 saturated carbocycles. The van der Waals surface area contributed by atoms with E-state index in [1.54, 1.807) is 24.1 Å². The van der Waals surface area contributed by atoms with Gasteiger partial charge in [-0.2, -0.15) is 0 Å². The molecule has 1 amide bonds. The molecule has 1 rings (SSSR count). The van der Waals surface area contributed by atoms with E-state index in [0.29, 0.717) is 6.42 Å². The highest BCUT2D eigenvalue weighted by Crippen LogP contribution is 2.23. The zero-order valence-corrected chi connectivity index (χ0v) is 13.0. The molecule has 0 aliphatic carbocycles. The number of nitrogens with two attached hydrogens (primary N) is 1. The molecule has 2 N–H and O–H groups in total. The SMILES string of the molecule is CC(c1ccc(F)cc1)N(C)C(=O)CC(N)C(C)(C)C. The Bertz CT molecular complexity index is 451. The summed E-state index contributed by atoms with van der Waals surface area (Å²) in [6.07, 6.45) is 0.311. The van der Waals surface area contributed by atoms with Crippen LogP contribution in [-0.4, -0.2) is 23.9 Å². The Balaban J connectivity index is 2.71. The zero-order chi connectivity index (χ0) is 15.5. The van der Waals surface area contributed by atoms with Crippen LogP contribution in [0, 0.1) is 11.2 Å². The summed E-state index contributed by atoms with van der Waals surface area (Å²) in [5, 5.41) is 0. The largest absolute Gasteiger partial charge is 0.339 e. The Morgan fingerprint density at radius 3 is 2.25 bits per heavy atom. The van der Waals surface area contributed by atoms with Gasteiger partial charge in [0.2, 0.25) is 5.91 Å². The summed E-state index contributed by atoms with van der Waals surface area (Å²) in [4.78, 5) is 13.9. The smallest absolute Gasteiger partial charge is 0.224 e. The summed E-state index contributed by atoms with van der Waals surface area (Å²) in [6, 6.07) is 5.94. The van der Waals surface area contributed by atoms with Crippen molar-refractivity contribution in [3.63, 3.8) is 0 Å². The number of rotatable bonds is 4. The van der Waals surface area contributed by atoms with E-state index in [2.05, 4.69) is 0 Å². The summed E-state index contributed by atoms with van der Waals surface area (Å²) in [5.74, 6) is -0.270. The average Bonchev–Trinajstić information content (AvgIpc) is 2.36. The van der Waals surface area contributed by atoms with Crippen molar-refractivity contribution in [2.75, 3.05) is 7.05 Å². The molecule has 0 fully saturated rings. The molecule has 0 spiro atoms. The first kappa shape index (κ1) is 16.6. The fourth-order valence-electron chi connectivity index (χ4n) is 1.82. The number of nitrogens with zero attached hydrogens (tertiary/aromatic N) is 1. The zero-order valence-electron chi connectivity index (χ0n) is 13.0. The van der Waals surface area contributed by atoms with Crippen molar-refractivity contribution in [1.82, 2.24) is 4.90 Å². The molecule has 1 aromatic rings. The molecule has 0 bridgehead atoms. The monoisotopic (exact) mass is 280 g/mol. The fourth-order valence-corrected chi connectivity index (χ4v) is 1.82. The summed E-state index contributed by atoms with van der Waals surface area (Å²) in [5.41, 5.74) is 6.86. The van der Waals surface area contributed by atoms with Gasteiger partial charge >= 0.3 is 0 Å². The van der Waals surface area contributed by atoms with Crippen molar-refractivity contribution in [3.8, 4) is 0 Å². The van der Waals surface area contributed by atoms with E-state index in [0.717, 1.165) is 5.56 Å².